The lowest BCUT2D eigenvalue weighted by atomic mass is 10.1. The van der Waals surface area contributed by atoms with Crippen molar-refractivity contribution in [2.45, 2.75) is 27.2 Å². The minimum atomic E-state index is -0.963. The standard InChI is InChI=1S/C19H20N4O3/c1-11-9-12(2)23-17(21-11)16(13(3)22-23)18(24)20-8-7-14-5-4-6-15(10-14)19(25)26/h4-6,9-10H,7-8H2,1-3H3,(H,20,24)(H,25,26). The van der Waals surface area contributed by atoms with E-state index in [-0.39, 0.29) is 11.5 Å². The fourth-order valence-corrected chi connectivity index (χ4v) is 2.96. The second-order valence-electron chi connectivity index (χ2n) is 6.25. The number of aromatic nitrogens is 3. The molecule has 0 atom stereocenters. The number of hydrogen-bond acceptors (Lipinski definition) is 4. The average molecular weight is 352 g/mol. The Balaban J connectivity index is 1.75. The summed E-state index contributed by atoms with van der Waals surface area (Å²) in [7, 11) is 0. The number of carboxylic acids is 1. The number of nitrogens with zero attached hydrogens (tertiary/aromatic N) is 3. The molecule has 3 aromatic rings. The Morgan fingerprint density at radius 3 is 2.69 bits per heavy atom. The van der Waals surface area contributed by atoms with E-state index in [1.165, 1.54) is 0 Å². The van der Waals surface area contributed by atoms with Crippen LogP contribution < -0.4 is 5.32 Å². The summed E-state index contributed by atoms with van der Waals surface area (Å²) in [6, 6.07) is 8.61. The zero-order chi connectivity index (χ0) is 18.8. The number of aryl methyl sites for hydroxylation is 3. The summed E-state index contributed by atoms with van der Waals surface area (Å²) in [5.74, 6) is -1.20. The molecule has 0 bridgehead atoms. The molecule has 0 unspecified atom stereocenters. The van der Waals surface area contributed by atoms with E-state index in [1.807, 2.05) is 26.0 Å². The van der Waals surface area contributed by atoms with Crippen molar-refractivity contribution in [2.75, 3.05) is 6.54 Å². The molecule has 0 aliphatic carbocycles. The molecule has 7 nitrogen and oxygen atoms in total. The number of aromatic carboxylic acids is 1. The first-order valence-corrected chi connectivity index (χ1v) is 8.31. The van der Waals surface area contributed by atoms with Gasteiger partial charge in [-0.15, -0.1) is 0 Å². The van der Waals surface area contributed by atoms with Gasteiger partial charge >= 0.3 is 5.97 Å². The summed E-state index contributed by atoms with van der Waals surface area (Å²) in [6.07, 6.45) is 0.538. The van der Waals surface area contributed by atoms with Gasteiger partial charge in [-0.3, -0.25) is 4.79 Å². The number of benzene rings is 1. The van der Waals surface area contributed by atoms with Crippen LogP contribution in [0, 0.1) is 20.8 Å². The van der Waals surface area contributed by atoms with Crippen molar-refractivity contribution in [1.82, 2.24) is 19.9 Å². The van der Waals surface area contributed by atoms with Gasteiger partial charge in [-0.05, 0) is 51.0 Å². The van der Waals surface area contributed by atoms with Gasteiger partial charge in [0, 0.05) is 17.9 Å². The van der Waals surface area contributed by atoms with Gasteiger partial charge < -0.3 is 10.4 Å². The zero-order valence-electron chi connectivity index (χ0n) is 14.9. The highest BCUT2D eigenvalue weighted by Gasteiger charge is 2.19. The lowest BCUT2D eigenvalue weighted by Gasteiger charge is -2.06. The second-order valence-corrected chi connectivity index (χ2v) is 6.25. The van der Waals surface area contributed by atoms with Crippen molar-refractivity contribution in [1.29, 1.82) is 0 Å². The maximum atomic E-state index is 12.6. The Kier molecular flexibility index (Phi) is 4.71. The number of rotatable bonds is 5. The lowest BCUT2D eigenvalue weighted by molar-refractivity contribution is 0.0696. The largest absolute Gasteiger partial charge is 0.478 e. The van der Waals surface area contributed by atoms with Crippen LogP contribution in [-0.4, -0.2) is 38.1 Å². The van der Waals surface area contributed by atoms with Crippen molar-refractivity contribution in [2.24, 2.45) is 0 Å². The third-order valence-corrected chi connectivity index (χ3v) is 4.17. The van der Waals surface area contributed by atoms with E-state index in [4.69, 9.17) is 5.11 Å². The quantitative estimate of drug-likeness (QED) is 0.734. The van der Waals surface area contributed by atoms with Crippen LogP contribution in [0.3, 0.4) is 0 Å². The molecule has 0 saturated heterocycles. The van der Waals surface area contributed by atoms with Gasteiger partial charge in [-0.2, -0.15) is 5.10 Å². The predicted molar refractivity (Wildman–Crippen MR) is 96.6 cm³/mol. The van der Waals surface area contributed by atoms with Crippen LogP contribution in [0.4, 0.5) is 0 Å². The summed E-state index contributed by atoms with van der Waals surface area (Å²) < 4.78 is 1.67. The summed E-state index contributed by atoms with van der Waals surface area (Å²) in [6.45, 7) is 5.98. The fraction of sp³-hybridized carbons (Fsp3) is 0.263. The molecule has 0 aliphatic rings. The Morgan fingerprint density at radius 2 is 1.96 bits per heavy atom. The normalized spacial score (nSPS) is 10.9. The van der Waals surface area contributed by atoms with Crippen molar-refractivity contribution in [3.05, 3.63) is 64.1 Å². The third-order valence-electron chi connectivity index (χ3n) is 4.17. The van der Waals surface area contributed by atoms with E-state index in [0.717, 1.165) is 17.0 Å². The van der Waals surface area contributed by atoms with E-state index >= 15 is 0 Å². The maximum absolute atomic E-state index is 12.6. The molecule has 2 aromatic heterocycles. The van der Waals surface area contributed by atoms with Crippen LogP contribution in [0.5, 0.6) is 0 Å². The lowest BCUT2D eigenvalue weighted by Crippen LogP contribution is -2.26. The average Bonchev–Trinajstić information content (AvgIpc) is 2.91. The molecule has 0 aliphatic heterocycles. The van der Waals surface area contributed by atoms with Crippen molar-refractivity contribution in [3.8, 4) is 0 Å². The molecule has 1 aromatic carbocycles. The van der Waals surface area contributed by atoms with Gasteiger partial charge in [0.05, 0.1) is 11.3 Å². The summed E-state index contributed by atoms with van der Waals surface area (Å²) in [5.41, 5.74) is 4.47. The molecule has 0 fully saturated rings. The van der Waals surface area contributed by atoms with E-state index in [2.05, 4.69) is 15.4 Å². The molecule has 1 amide bonds. The monoisotopic (exact) mass is 352 g/mol. The van der Waals surface area contributed by atoms with Gasteiger partial charge in [0.2, 0.25) is 0 Å². The van der Waals surface area contributed by atoms with Gasteiger partial charge in [-0.1, -0.05) is 12.1 Å². The number of carboxylic acid groups (broad SMARTS) is 1. The highest BCUT2D eigenvalue weighted by molar-refractivity contribution is 6.01. The molecule has 134 valence electrons. The van der Waals surface area contributed by atoms with Crippen LogP contribution >= 0.6 is 0 Å². The molecule has 2 N–H and O–H groups in total. The second kappa shape index (κ2) is 6.95. The van der Waals surface area contributed by atoms with Gasteiger partial charge in [0.15, 0.2) is 5.65 Å². The number of amides is 1. The third kappa shape index (κ3) is 3.42. The van der Waals surface area contributed by atoms with Gasteiger partial charge in [0.1, 0.15) is 5.56 Å². The Labute approximate surface area is 150 Å². The Bertz CT molecular complexity index is 1010. The Morgan fingerprint density at radius 1 is 1.19 bits per heavy atom. The molecular weight excluding hydrogens is 332 g/mol. The molecule has 2 heterocycles. The van der Waals surface area contributed by atoms with Crippen LogP contribution in [0.25, 0.3) is 5.65 Å². The number of carbonyl (C=O) groups is 2. The highest BCUT2D eigenvalue weighted by atomic mass is 16.4. The smallest absolute Gasteiger partial charge is 0.335 e. The minimum Gasteiger partial charge on any atom is -0.478 e. The number of hydrogen-bond donors (Lipinski definition) is 2. The van der Waals surface area contributed by atoms with E-state index in [1.54, 1.807) is 29.6 Å². The van der Waals surface area contributed by atoms with Gasteiger partial charge in [-0.25, -0.2) is 14.3 Å². The molecule has 0 radical (unpaired) electrons. The number of fused-ring (bicyclic) bond motifs is 1. The first kappa shape index (κ1) is 17.6. The predicted octanol–water partition coefficient (Wildman–Crippen LogP) is 2.33. The van der Waals surface area contributed by atoms with Crippen molar-refractivity contribution < 1.29 is 14.7 Å². The van der Waals surface area contributed by atoms with Crippen LogP contribution in [0.2, 0.25) is 0 Å². The van der Waals surface area contributed by atoms with Crippen molar-refractivity contribution in [3.63, 3.8) is 0 Å². The van der Waals surface area contributed by atoms with E-state index in [0.29, 0.717) is 29.9 Å². The summed E-state index contributed by atoms with van der Waals surface area (Å²) >= 11 is 0. The number of nitrogens with one attached hydrogen (secondary N) is 1. The van der Waals surface area contributed by atoms with Gasteiger partial charge in [0.25, 0.3) is 5.91 Å². The van der Waals surface area contributed by atoms with Crippen LogP contribution in [0.1, 0.15) is 43.4 Å². The zero-order valence-corrected chi connectivity index (χ0v) is 14.9. The molecule has 3 rings (SSSR count). The van der Waals surface area contributed by atoms with E-state index in [9.17, 15) is 9.59 Å². The molecule has 0 spiro atoms. The molecule has 26 heavy (non-hydrogen) atoms. The first-order valence-electron chi connectivity index (χ1n) is 8.31. The topological polar surface area (TPSA) is 96.6 Å². The van der Waals surface area contributed by atoms with E-state index < -0.39 is 5.97 Å². The highest BCUT2D eigenvalue weighted by Crippen LogP contribution is 2.16. The molecule has 0 saturated carbocycles. The van der Waals surface area contributed by atoms with Crippen LogP contribution in [0.15, 0.2) is 30.3 Å². The summed E-state index contributed by atoms with van der Waals surface area (Å²) in [5, 5.41) is 16.3. The minimum absolute atomic E-state index is 0.232. The molecular formula is C19H20N4O3. The Hall–Kier alpha value is -3.22. The van der Waals surface area contributed by atoms with Crippen LogP contribution in [-0.2, 0) is 6.42 Å². The SMILES string of the molecule is Cc1cc(C)n2nc(C)c(C(=O)NCCc3cccc(C(=O)O)c3)c2n1. The fourth-order valence-electron chi connectivity index (χ4n) is 2.96. The summed E-state index contributed by atoms with van der Waals surface area (Å²) in [4.78, 5) is 28.1. The number of carbonyl (C=O) groups excluding carboxylic acids is 1. The maximum Gasteiger partial charge on any atom is 0.335 e. The molecule has 7 heteroatoms. The van der Waals surface area contributed by atoms with Crippen molar-refractivity contribution >= 4 is 17.5 Å². The first-order chi connectivity index (χ1) is 12.4.